The Morgan fingerprint density at radius 2 is 1.93 bits per heavy atom. The maximum absolute atomic E-state index is 13.4. The van der Waals surface area contributed by atoms with Crippen molar-refractivity contribution in [2.45, 2.75) is 13.8 Å². The van der Waals surface area contributed by atoms with Gasteiger partial charge < -0.3 is 5.32 Å². The molecule has 0 atom stereocenters. The lowest BCUT2D eigenvalue weighted by atomic mass is 10.0. The highest BCUT2D eigenvalue weighted by atomic mass is 19.1. The highest BCUT2D eigenvalue weighted by molar-refractivity contribution is 5.99. The number of hydrogen-bond acceptors (Lipinski definition) is 2. The van der Waals surface area contributed by atoms with E-state index >= 15 is 0 Å². The van der Waals surface area contributed by atoms with Crippen molar-refractivity contribution in [1.29, 1.82) is 0 Å². The van der Waals surface area contributed by atoms with E-state index in [0.717, 1.165) is 6.07 Å². The summed E-state index contributed by atoms with van der Waals surface area (Å²) in [6.07, 6.45) is 0. The van der Waals surface area contributed by atoms with Crippen LogP contribution in [0.2, 0.25) is 0 Å². The van der Waals surface area contributed by atoms with Crippen molar-refractivity contribution >= 4 is 5.78 Å². The molecule has 0 bridgehead atoms. The number of benzene rings is 1. The number of hydrogen-bond donors (Lipinski definition) is 1. The first-order valence-corrected chi connectivity index (χ1v) is 4.62. The van der Waals surface area contributed by atoms with Gasteiger partial charge in [0.1, 0.15) is 11.6 Å². The van der Waals surface area contributed by atoms with Crippen LogP contribution in [0.3, 0.4) is 0 Å². The Bertz CT molecular complexity index is 402. The highest BCUT2D eigenvalue weighted by Gasteiger charge is 2.16. The van der Waals surface area contributed by atoms with Gasteiger partial charge in [-0.3, -0.25) is 4.79 Å². The van der Waals surface area contributed by atoms with Gasteiger partial charge in [0.25, 0.3) is 0 Å². The molecule has 1 aromatic rings. The van der Waals surface area contributed by atoms with E-state index in [2.05, 4.69) is 5.32 Å². The fourth-order valence-electron chi connectivity index (χ4n) is 1.39. The molecule has 2 nitrogen and oxygen atoms in total. The van der Waals surface area contributed by atoms with Gasteiger partial charge in [-0.2, -0.15) is 0 Å². The summed E-state index contributed by atoms with van der Waals surface area (Å²) in [5, 5.41) is 2.65. The zero-order valence-electron chi connectivity index (χ0n) is 8.95. The smallest absolute Gasteiger partial charge is 0.177 e. The summed E-state index contributed by atoms with van der Waals surface area (Å²) in [6, 6.07) is 1.09. The number of Topliss-reactive ketones (excluding diaryl/α,β-unsaturated/α-hetero) is 1. The van der Waals surface area contributed by atoms with Gasteiger partial charge in [-0.05, 0) is 32.5 Å². The molecule has 4 heteroatoms. The van der Waals surface area contributed by atoms with E-state index in [1.54, 1.807) is 7.05 Å². The van der Waals surface area contributed by atoms with Crippen molar-refractivity contribution in [1.82, 2.24) is 5.32 Å². The Morgan fingerprint density at radius 1 is 1.33 bits per heavy atom. The van der Waals surface area contributed by atoms with Crippen molar-refractivity contribution in [3.8, 4) is 0 Å². The third-order valence-corrected chi connectivity index (χ3v) is 2.33. The topological polar surface area (TPSA) is 29.1 Å². The van der Waals surface area contributed by atoms with Gasteiger partial charge in [-0.1, -0.05) is 0 Å². The summed E-state index contributed by atoms with van der Waals surface area (Å²) in [7, 11) is 1.61. The Kier molecular flexibility index (Phi) is 3.52. The molecular weight excluding hydrogens is 200 g/mol. The SMILES string of the molecule is CNCC(=O)c1cc(F)c(C)c(F)c1C. The van der Waals surface area contributed by atoms with Crippen LogP contribution < -0.4 is 5.32 Å². The second-order valence-corrected chi connectivity index (χ2v) is 3.42. The Hall–Kier alpha value is -1.29. The molecule has 1 N–H and O–H groups in total. The van der Waals surface area contributed by atoms with Gasteiger partial charge in [0.2, 0.25) is 0 Å². The van der Waals surface area contributed by atoms with Gasteiger partial charge in [-0.25, -0.2) is 8.78 Å². The fraction of sp³-hybridized carbons (Fsp3) is 0.364. The van der Waals surface area contributed by atoms with E-state index in [1.807, 2.05) is 0 Å². The number of likely N-dealkylation sites (N-methyl/N-ethyl adjacent to an activating group) is 1. The van der Waals surface area contributed by atoms with Gasteiger partial charge in [-0.15, -0.1) is 0 Å². The summed E-state index contributed by atoms with van der Waals surface area (Å²) in [4.78, 5) is 11.5. The first-order valence-electron chi connectivity index (χ1n) is 4.62. The number of rotatable bonds is 3. The van der Waals surface area contributed by atoms with Crippen LogP contribution in [0.1, 0.15) is 21.5 Å². The molecule has 0 aliphatic heterocycles. The predicted octanol–water partition coefficient (Wildman–Crippen LogP) is 1.98. The number of halogens is 2. The molecule has 0 fully saturated rings. The third-order valence-electron chi connectivity index (χ3n) is 2.33. The molecule has 0 spiro atoms. The van der Waals surface area contributed by atoms with Crippen LogP contribution in [0.15, 0.2) is 6.07 Å². The molecular formula is C11H13F2NO. The largest absolute Gasteiger partial charge is 0.313 e. The summed E-state index contributed by atoms with van der Waals surface area (Å²) in [6.45, 7) is 2.90. The average molecular weight is 213 g/mol. The van der Waals surface area contributed by atoms with Crippen LogP contribution in [0.4, 0.5) is 8.78 Å². The molecule has 0 aromatic heterocycles. The van der Waals surface area contributed by atoms with Gasteiger partial charge in [0.15, 0.2) is 5.78 Å². The second-order valence-electron chi connectivity index (χ2n) is 3.42. The lowest BCUT2D eigenvalue weighted by Crippen LogP contribution is -2.20. The first kappa shape index (κ1) is 11.8. The second kappa shape index (κ2) is 4.49. The Morgan fingerprint density at radius 3 is 2.47 bits per heavy atom. The lowest BCUT2D eigenvalue weighted by Gasteiger charge is -2.08. The van der Waals surface area contributed by atoms with Crippen LogP contribution in [-0.2, 0) is 0 Å². The maximum atomic E-state index is 13.4. The fourth-order valence-corrected chi connectivity index (χ4v) is 1.39. The zero-order chi connectivity index (χ0) is 11.6. The molecule has 1 aromatic carbocycles. The standard InChI is InChI=1S/C11H13F2NO/c1-6-8(10(15)5-14-3)4-9(12)7(2)11(6)13/h4,14H,5H2,1-3H3. The predicted molar refractivity (Wildman–Crippen MR) is 54.1 cm³/mol. The molecule has 0 amide bonds. The third kappa shape index (κ3) is 2.21. The van der Waals surface area contributed by atoms with Crippen LogP contribution >= 0.6 is 0 Å². The van der Waals surface area contributed by atoms with Crippen molar-refractivity contribution in [3.63, 3.8) is 0 Å². The molecule has 15 heavy (non-hydrogen) atoms. The zero-order valence-corrected chi connectivity index (χ0v) is 8.95. The summed E-state index contributed by atoms with van der Waals surface area (Å²) < 4.78 is 26.6. The number of ketones is 1. The maximum Gasteiger partial charge on any atom is 0.177 e. The molecule has 0 saturated carbocycles. The van der Waals surface area contributed by atoms with Crippen LogP contribution in [-0.4, -0.2) is 19.4 Å². The van der Waals surface area contributed by atoms with Gasteiger partial charge in [0.05, 0.1) is 6.54 Å². The summed E-state index contributed by atoms with van der Waals surface area (Å²) in [5.74, 6) is -1.64. The van der Waals surface area contributed by atoms with E-state index in [-0.39, 0.29) is 29.0 Å². The highest BCUT2D eigenvalue weighted by Crippen LogP contribution is 2.20. The monoisotopic (exact) mass is 213 g/mol. The van der Waals surface area contributed by atoms with E-state index in [0.29, 0.717) is 0 Å². The number of carbonyl (C=O) groups is 1. The van der Waals surface area contributed by atoms with E-state index < -0.39 is 11.6 Å². The summed E-state index contributed by atoms with van der Waals surface area (Å²) in [5.41, 5.74) is 0.257. The quantitative estimate of drug-likeness (QED) is 0.778. The lowest BCUT2D eigenvalue weighted by molar-refractivity contribution is 0.0992. The normalized spacial score (nSPS) is 10.5. The Balaban J connectivity index is 3.26. The van der Waals surface area contributed by atoms with Crippen molar-refractivity contribution in [2.24, 2.45) is 0 Å². The van der Waals surface area contributed by atoms with Crippen LogP contribution in [0, 0.1) is 25.5 Å². The molecule has 0 aliphatic carbocycles. The van der Waals surface area contributed by atoms with Crippen molar-refractivity contribution < 1.29 is 13.6 Å². The minimum absolute atomic E-state index is 0.0477. The average Bonchev–Trinajstić information content (AvgIpc) is 2.20. The molecule has 1 rings (SSSR count). The van der Waals surface area contributed by atoms with E-state index in [1.165, 1.54) is 13.8 Å². The molecule has 0 heterocycles. The van der Waals surface area contributed by atoms with Crippen molar-refractivity contribution in [3.05, 3.63) is 34.4 Å². The number of nitrogens with one attached hydrogen (secondary N) is 1. The van der Waals surface area contributed by atoms with Gasteiger partial charge in [0, 0.05) is 11.1 Å². The molecule has 0 saturated heterocycles. The van der Waals surface area contributed by atoms with Crippen LogP contribution in [0.5, 0.6) is 0 Å². The van der Waals surface area contributed by atoms with E-state index in [4.69, 9.17) is 0 Å². The summed E-state index contributed by atoms with van der Waals surface area (Å²) >= 11 is 0. The molecule has 0 unspecified atom stereocenters. The van der Waals surface area contributed by atoms with Crippen molar-refractivity contribution in [2.75, 3.05) is 13.6 Å². The first-order chi connectivity index (χ1) is 6.99. The molecule has 0 aliphatic rings. The van der Waals surface area contributed by atoms with Crippen LogP contribution in [0.25, 0.3) is 0 Å². The molecule has 0 radical (unpaired) electrons. The Labute approximate surface area is 87.3 Å². The van der Waals surface area contributed by atoms with E-state index in [9.17, 15) is 13.6 Å². The minimum atomic E-state index is -0.683. The molecule has 82 valence electrons. The van der Waals surface area contributed by atoms with Gasteiger partial charge >= 0.3 is 0 Å². The minimum Gasteiger partial charge on any atom is -0.313 e. The number of carbonyl (C=O) groups excluding carboxylic acids is 1.